The number of aromatic hydroxyl groups is 1. The molecule has 3 rings (SSSR count). The van der Waals surface area contributed by atoms with Crippen molar-refractivity contribution >= 4 is 22.7 Å². The normalized spacial score (nSPS) is 11.0. The van der Waals surface area contributed by atoms with Crippen molar-refractivity contribution in [2.24, 2.45) is 0 Å². The Hall–Kier alpha value is -3.22. The standard InChI is InChI=1S/C22H22F2N2O3/c1-3-4-9-25-21(28)12-16-13(2)26(20-8-6-15(27)11-17(16)20)22(29)14-5-7-18(23)19(24)10-14/h5-8,10-11,27H,3-4,9,12H2,1-2H3,(H,25,28). The molecular weight excluding hydrogens is 378 g/mol. The minimum absolute atomic E-state index is 0.00238. The van der Waals surface area contributed by atoms with Gasteiger partial charge in [0.1, 0.15) is 5.75 Å². The SMILES string of the molecule is CCCCNC(=O)Cc1c(C)n(C(=O)c2ccc(F)c(F)c2)c2ccc(O)cc12. The average Bonchev–Trinajstić information content (AvgIpc) is 2.95. The van der Waals surface area contributed by atoms with Crippen LogP contribution < -0.4 is 5.32 Å². The van der Waals surface area contributed by atoms with Crippen molar-refractivity contribution < 1.29 is 23.5 Å². The third-order valence-corrected chi connectivity index (χ3v) is 4.88. The van der Waals surface area contributed by atoms with Gasteiger partial charge in [0.15, 0.2) is 11.6 Å². The predicted octanol–water partition coefficient (Wildman–Crippen LogP) is 4.08. The van der Waals surface area contributed by atoms with Gasteiger partial charge in [-0.15, -0.1) is 0 Å². The summed E-state index contributed by atoms with van der Waals surface area (Å²) in [7, 11) is 0. The molecule has 0 saturated heterocycles. The number of nitrogens with zero attached hydrogens (tertiary/aromatic N) is 1. The second kappa shape index (κ2) is 8.43. The number of fused-ring (bicyclic) bond motifs is 1. The summed E-state index contributed by atoms with van der Waals surface area (Å²) < 4.78 is 28.2. The van der Waals surface area contributed by atoms with Gasteiger partial charge in [-0.05, 0) is 55.3 Å². The second-order valence-corrected chi connectivity index (χ2v) is 6.92. The lowest BCUT2D eigenvalue weighted by Gasteiger charge is -2.08. The first-order valence-corrected chi connectivity index (χ1v) is 9.42. The Morgan fingerprint density at radius 1 is 1.10 bits per heavy atom. The molecule has 7 heteroatoms. The number of carbonyl (C=O) groups excluding carboxylic acids is 2. The zero-order valence-corrected chi connectivity index (χ0v) is 16.3. The van der Waals surface area contributed by atoms with Crippen molar-refractivity contribution in [3.05, 3.63) is 64.9 Å². The van der Waals surface area contributed by atoms with Gasteiger partial charge in [-0.2, -0.15) is 0 Å². The molecule has 1 amide bonds. The molecule has 29 heavy (non-hydrogen) atoms. The van der Waals surface area contributed by atoms with Crippen LogP contribution in [0.25, 0.3) is 10.9 Å². The quantitative estimate of drug-likeness (QED) is 0.613. The highest BCUT2D eigenvalue weighted by molar-refractivity contribution is 6.05. The maximum Gasteiger partial charge on any atom is 0.262 e. The molecule has 0 atom stereocenters. The van der Waals surface area contributed by atoms with Gasteiger partial charge in [0.25, 0.3) is 5.91 Å². The number of aromatic nitrogens is 1. The van der Waals surface area contributed by atoms with Crippen molar-refractivity contribution in [1.29, 1.82) is 0 Å². The smallest absolute Gasteiger partial charge is 0.262 e. The number of halogens is 2. The molecule has 0 saturated carbocycles. The molecule has 0 radical (unpaired) electrons. The topological polar surface area (TPSA) is 71.3 Å². The monoisotopic (exact) mass is 400 g/mol. The molecule has 0 aliphatic carbocycles. The minimum atomic E-state index is -1.11. The Bertz CT molecular complexity index is 1090. The number of unbranched alkanes of at least 4 members (excludes halogenated alkanes) is 1. The summed E-state index contributed by atoms with van der Waals surface area (Å²) in [6.45, 7) is 4.27. The molecule has 1 aromatic heterocycles. The van der Waals surface area contributed by atoms with E-state index in [9.17, 15) is 23.5 Å². The number of rotatable bonds is 6. The van der Waals surface area contributed by atoms with Crippen LogP contribution in [0.2, 0.25) is 0 Å². The van der Waals surface area contributed by atoms with Gasteiger partial charge < -0.3 is 10.4 Å². The van der Waals surface area contributed by atoms with E-state index in [0.717, 1.165) is 25.0 Å². The van der Waals surface area contributed by atoms with E-state index < -0.39 is 17.5 Å². The van der Waals surface area contributed by atoms with Crippen LogP contribution in [-0.2, 0) is 11.2 Å². The number of benzene rings is 2. The highest BCUT2D eigenvalue weighted by Gasteiger charge is 2.22. The van der Waals surface area contributed by atoms with Crippen LogP contribution in [0.15, 0.2) is 36.4 Å². The molecule has 1 heterocycles. The lowest BCUT2D eigenvalue weighted by molar-refractivity contribution is -0.120. The van der Waals surface area contributed by atoms with Gasteiger partial charge in [-0.3, -0.25) is 14.2 Å². The van der Waals surface area contributed by atoms with Gasteiger partial charge in [-0.1, -0.05) is 13.3 Å². The number of carbonyl (C=O) groups is 2. The fourth-order valence-corrected chi connectivity index (χ4v) is 3.34. The van der Waals surface area contributed by atoms with E-state index in [1.165, 1.54) is 22.8 Å². The van der Waals surface area contributed by atoms with E-state index >= 15 is 0 Å². The maximum atomic E-state index is 13.6. The number of phenols is 1. The number of hydrogen-bond acceptors (Lipinski definition) is 3. The number of phenolic OH excluding ortho intramolecular Hbond substituents is 1. The number of nitrogens with one attached hydrogen (secondary N) is 1. The summed E-state index contributed by atoms with van der Waals surface area (Å²) in [4.78, 5) is 25.4. The second-order valence-electron chi connectivity index (χ2n) is 6.92. The zero-order chi connectivity index (χ0) is 21.1. The van der Waals surface area contributed by atoms with Crippen LogP contribution in [0.3, 0.4) is 0 Å². The summed E-state index contributed by atoms with van der Waals surface area (Å²) in [6.07, 6.45) is 1.85. The highest BCUT2D eigenvalue weighted by Crippen LogP contribution is 2.30. The van der Waals surface area contributed by atoms with Crippen molar-refractivity contribution in [2.45, 2.75) is 33.1 Å². The third kappa shape index (κ3) is 4.13. The summed E-state index contributed by atoms with van der Waals surface area (Å²) in [6, 6.07) is 7.45. The molecule has 0 bridgehead atoms. The molecule has 152 valence electrons. The third-order valence-electron chi connectivity index (χ3n) is 4.88. The maximum absolute atomic E-state index is 13.6. The van der Waals surface area contributed by atoms with Crippen molar-refractivity contribution in [2.75, 3.05) is 6.54 Å². The predicted molar refractivity (Wildman–Crippen MR) is 106 cm³/mol. The fraction of sp³-hybridized carbons (Fsp3) is 0.273. The van der Waals surface area contributed by atoms with Gasteiger partial charge in [0, 0.05) is 23.2 Å². The summed E-state index contributed by atoms with van der Waals surface area (Å²) in [5, 5.41) is 13.3. The molecule has 2 N–H and O–H groups in total. The van der Waals surface area contributed by atoms with E-state index in [2.05, 4.69) is 5.32 Å². The van der Waals surface area contributed by atoms with E-state index in [0.29, 0.717) is 28.7 Å². The van der Waals surface area contributed by atoms with E-state index in [4.69, 9.17) is 0 Å². The van der Waals surface area contributed by atoms with Gasteiger partial charge in [0.05, 0.1) is 11.9 Å². The summed E-state index contributed by atoms with van der Waals surface area (Å²) in [5.74, 6) is -2.88. The Morgan fingerprint density at radius 2 is 1.86 bits per heavy atom. The average molecular weight is 400 g/mol. The lowest BCUT2D eigenvalue weighted by Crippen LogP contribution is -2.26. The molecule has 0 aliphatic heterocycles. The Balaban J connectivity index is 2.06. The molecule has 0 spiro atoms. The van der Waals surface area contributed by atoms with Crippen LogP contribution in [0.1, 0.15) is 41.4 Å². The Kier molecular flexibility index (Phi) is 5.96. The first-order valence-electron chi connectivity index (χ1n) is 9.42. The van der Waals surface area contributed by atoms with Gasteiger partial charge >= 0.3 is 0 Å². The van der Waals surface area contributed by atoms with Crippen molar-refractivity contribution in [3.63, 3.8) is 0 Å². The number of hydrogen-bond donors (Lipinski definition) is 2. The molecule has 5 nitrogen and oxygen atoms in total. The first-order chi connectivity index (χ1) is 13.8. The number of amides is 1. The van der Waals surface area contributed by atoms with E-state index in [1.807, 2.05) is 6.92 Å². The summed E-state index contributed by atoms with van der Waals surface area (Å²) in [5.41, 5.74) is 1.56. The van der Waals surface area contributed by atoms with Crippen LogP contribution in [0.5, 0.6) is 5.75 Å². The van der Waals surface area contributed by atoms with Crippen molar-refractivity contribution in [1.82, 2.24) is 9.88 Å². The van der Waals surface area contributed by atoms with Crippen LogP contribution in [0.4, 0.5) is 8.78 Å². The van der Waals surface area contributed by atoms with E-state index in [-0.39, 0.29) is 23.6 Å². The lowest BCUT2D eigenvalue weighted by atomic mass is 10.1. The van der Waals surface area contributed by atoms with Gasteiger partial charge in [-0.25, -0.2) is 8.78 Å². The van der Waals surface area contributed by atoms with Crippen LogP contribution in [-0.4, -0.2) is 28.0 Å². The van der Waals surface area contributed by atoms with Crippen LogP contribution >= 0.6 is 0 Å². The molecule has 0 fully saturated rings. The van der Waals surface area contributed by atoms with E-state index in [1.54, 1.807) is 13.0 Å². The first kappa shape index (κ1) is 20.5. The molecule has 3 aromatic rings. The Labute approximate surface area is 167 Å². The zero-order valence-electron chi connectivity index (χ0n) is 16.3. The van der Waals surface area contributed by atoms with Crippen LogP contribution in [0, 0.1) is 18.6 Å². The molecule has 0 unspecified atom stereocenters. The molecular formula is C22H22F2N2O3. The highest BCUT2D eigenvalue weighted by atomic mass is 19.2. The molecule has 0 aliphatic rings. The molecule has 2 aromatic carbocycles. The summed E-state index contributed by atoms with van der Waals surface area (Å²) >= 11 is 0. The van der Waals surface area contributed by atoms with Crippen molar-refractivity contribution in [3.8, 4) is 5.75 Å². The largest absolute Gasteiger partial charge is 0.508 e. The van der Waals surface area contributed by atoms with Gasteiger partial charge in [0.2, 0.25) is 5.91 Å². The fourth-order valence-electron chi connectivity index (χ4n) is 3.34. The minimum Gasteiger partial charge on any atom is -0.508 e. The Morgan fingerprint density at radius 3 is 2.55 bits per heavy atom.